The van der Waals surface area contributed by atoms with Crippen LogP contribution < -0.4 is 0 Å². The van der Waals surface area contributed by atoms with Crippen LogP contribution in [0, 0.1) is 10.1 Å². The van der Waals surface area contributed by atoms with Crippen LogP contribution in [0.3, 0.4) is 0 Å². The maximum absolute atomic E-state index is 10.5. The number of nitro groups is 1. The van der Waals surface area contributed by atoms with Crippen LogP contribution in [0.1, 0.15) is 18.2 Å². The van der Waals surface area contributed by atoms with Crippen molar-refractivity contribution in [1.29, 1.82) is 0 Å². The summed E-state index contributed by atoms with van der Waals surface area (Å²) in [6, 6.07) is 0. The Morgan fingerprint density at radius 1 is 1.67 bits per heavy atom. The van der Waals surface area contributed by atoms with Crippen LogP contribution in [0.5, 0.6) is 0 Å². The molecule has 1 rings (SSSR count). The topological polar surface area (TPSA) is 112 Å². The van der Waals surface area contributed by atoms with Crippen molar-refractivity contribution in [2.45, 2.75) is 18.6 Å². The van der Waals surface area contributed by atoms with Crippen molar-refractivity contribution in [1.82, 2.24) is 9.97 Å². The van der Waals surface area contributed by atoms with Crippen molar-refractivity contribution >= 4 is 17.4 Å². The number of aromatic nitrogens is 2. The number of aliphatic hydroxyl groups is 2. The Morgan fingerprint density at radius 2 is 2.33 bits per heavy atom. The van der Waals surface area contributed by atoms with Crippen LogP contribution >= 0.6 is 11.6 Å². The lowest BCUT2D eigenvalue weighted by atomic mass is 10.1. The number of halogens is 1. The molecule has 7 nitrogen and oxygen atoms in total. The van der Waals surface area contributed by atoms with E-state index in [4.69, 9.17) is 11.6 Å². The molecular weight excluding hydrogens is 226 g/mol. The van der Waals surface area contributed by atoms with Gasteiger partial charge >= 0.3 is 5.82 Å². The average molecular weight is 236 g/mol. The fourth-order valence-corrected chi connectivity index (χ4v) is 1.34. The number of imidazole rings is 1. The van der Waals surface area contributed by atoms with Crippen LogP contribution in [0.2, 0.25) is 0 Å². The zero-order chi connectivity index (χ0) is 11.4. The van der Waals surface area contributed by atoms with Gasteiger partial charge in [-0.25, -0.2) is 9.97 Å². The minimum atomic E-state index is -1.41. The molecule has 0 spiro atoms. The molecule has 1 heterocycles. The summed E-state index contributed by atoms with van der Waals surface area (Å²) in [5.74, 6) is -0.271. The highest BCUT2D eigenvalue weighted by Gasteiger charge is 2.28. The van der Waals surface area contributed by atoms with Gasteiger partial charge in [0.1, 0.15) is 6.10 Å². The van der Waals surface area contributed by atoms with Crippen molar-refractivity contribution in [3.8, 4) is 0 Å². The molecular formula is C7H10ClN3O4. The van der Waals surface area contributed by atoms with Crippen molar-refractivity contribution in [3.63, 3.8) is 0 Å². The Balaban J connectivity index is 2.85. The molecule has 2 unspecified atom stereocenters. The molecule has 0 fully saturated rings. The van der Waals surface area contributed by atoms with E-state index in [0.717, 1.165) is 6.33 Å². The summed E-state index contributed by atoms with van der Waals surface area (Å²) in [5, 5.41) is 29.4. The van der Waals surface area contributed by atoms with Gasteiger partial charge in [-0.1, -0.05) is 0 Å². The number of hydrogen-bond donors (Lipinski definition) is 3. The van der Waals surface area contributed by atoms with Crippen molar-refractivity contribution in [2.75, 3.05) is 5.88 Å². The molecule has 3 N–H and O–H groups in total. The number of nitrogens with zero attached hydrogens (tertiary/aromatic N) is 2. The first kappa shape index (κ1) is 11.9. The van der Waals surface area contributed by atoms with E-state index in [2.05, 4.69) is 9.97 Å². The first-order chi connectivity index (χ1) is 7.07. The highest BCUT2D eigenvalue weighted by molar-refractivity contribution is 6.17. The van der Waals surface area contributed by atoms with E-state index in [1.54, 1.807) is 0 Å². The van der Waals surface area contributed by atoms with Gasteiger partial charge in [-0.3, -0.25) is 0 Å². The van der Waals surface area contributed by atoms with Crippen LogP contribution in [-0.4, -0.2) is 37.1 Å². The number of aliphatic hydroxyl groups excluding tert-OH is 2. The molecule has 1 aromatic heterocycles. The van der Waals surface area contributed by atoms with Crippen LogP contribution in [0.15, 0.2) is 6.33 Å². The Labute approximate surface area is 89.9 Å². The van der Waals surface area contributed by atoms with Gasteiger partial charge in [0.05, 0.1) is 6.10 Å². The van der Waals surface area contributed by atoms with Crippen LogP contribution in [0.4, 0.5) is 5.82 Å². The van der Waals surface area contributed by atoms with Gasteiger partial charge in [-0.05, 0) is 11.3 Å². The molecule has 0 aliphatic heterocycles. The van der Waals surface area contributed by atoms with E-state index in [1.807, 2.05) is 0 Å². The molecule has 0 aliphatic rings. The number of nitrogens with one attached hydrogen (secondary N) is 1. The zero-order valence-electron chi connectivity index (χ0n) is 7.63. The Bertz CT molecular complexity index is 343. The molecule has 2 atom stereocenters. The summed E-state index contributed by atoms with van der Waals surface area (Å²) in [6.07, 6.45) is -1.35. The number of hydrogen-bond acceptors (Lipinski definition) is 5. The van der Waals surface area contributed by atoms with Gasteiger partial charge in [0.15, 0.2) is 12.0 Å². The smallest absolute Gasteiger partial charge is 0.346 e. The monoisotopic (exact) mass is 235 g/mol. The molecule has 84 valence electrons. The SMILES string of the molecule is O=[N+]([O-])c1[nH]cnc1C(O)C(O)CCCl. The second kappa shape index (κ2) is 5.06. The van der Waals surface area contributed by atoms with Crippen molar-refractivity contribution in [2.24, 2.45) is 0 Å². The fourth-order valence-electron chi connectivity index (χ4n) is 1.11. The minimum Gasteiger partial charge on any atom is -0.390 e. The van der Waals surface area contributed by atoms with E-state index >= 15 is 0 Å². The summed E-state index contributed by atoms with van der Waals surface area (Å²) < 4.78 is 0. The lowest BCUT2D eigenvalue weighted by molar-refractivity contribution is -0.390. The van der Waals surface area contributed by atoms with Gasteiger partial charge in [0.2, 0.25) is 0 Å². The third kappa shape index (κ3) is 2.65. The first-order valence-electron chi connectivity index (χ1n) is 4.17. The minimum absolute atomic E-state index is 0.132. The number of alkyl halides is 1. The zero-order valence-corrected chi connectivity index (χ0v) is 8.39. The fraction of sp³-hybridized carbons (Fsp3) is 0.571. The second-order valence-corrected chi connectivity index (χ2v) is 3.26. The van der Waals surface area contributed by atoms with Crippen LogP contribution in [-0.2, 0) is 0 Å². The molecule has 0 radical (unpaired) electrons. The van der Waals surface area contributed by atoms with Crippen molar-refractivity contribution < 1.29 is 15.1 Å². The van der Waals surface area contributed by atoms with E-state index in [0.29, 0.717) is 0 Å². The highest BCUT2D eigenvalue weighted by Crippen LogP contribution is 2.24. The summed E-state index contributed by atoms with van der Waals surface area (Å²) >= 11 is 5.37. The number of H-pyrrole nitrogens is 1. The molecule has 1 aromatic rings. The van der Waals surface area contributed by atoms with E-state index in [-0.39, 0.29) is 18.0 Å². The predicted octanol–water partition coefficient (Wildman–Crippen LogP) is 0.341. The average Bonchev–Trinajstić information content (AvgIpc) is 2.65. The molecule has 0 saturated heterocycles. The third-order valence-corrected chi connectivity index (χ3v) is 2.10. The summed E-state index contributed by atoms with van der Waals surface area (Å²) in [4.78, 5) is 15.6. The van der Waals surface area contributed by atoms with Gasteiger partial charge in [0, 0.05) is 5.88 Å². The molecule has 0 aliphatic carbocycles. The lowest BCUT2D eigenvalue weighted by Crippen LogP contribution is -2.19. The standard InChI is InChI=1S/C7H10ClN3O4/c8-2-1-4(12)6(13)5-7(11(14)15)10-3-9-5/h3-4,6,12-13H,1-2H2,(H,9,10). The predicted molar refractivity (Wildman–Crippen MR) is 51.5 cm³/mol. The quantitative estimate of drug-likeness (QED) is 0.387. The second-order valence-electron chi connectivity index (χ2n) is 2.88. The molecule has 0 amide bonds. The maximum Gasteiger partial charge on any atom is 0.346 e. The largest absolute Gasteiger partial charge is 0.390 e. The Morgan fingerprint density at radius 3 is 2.87 bits per heavy atom. The van der Waals surface area contributed by atoms with Gasteiger partial charge in [-0.15, -0.1) is 11.6 Å². The first-order valence-corrected chi connectivity index (χ1v) is 4.71. The molecule has 0 aromatic carbocycles. The van der Waals surface area contributed by atoms with E-state index in [9.17, 15) is 20.3 Å². The van der Waals surface area contributed by atoms with Gasteiger partial charge in [0.25, 0.3) is 0 Å². The third-order valence-electron chi connectivity index (χ3n) is 1.88. The summed E-state index contributed by atoms with van der Waals surface area (Å²) in [5.41, 5.74) is -0.183. The Kier molecular flexibility index (Phi) is 4.01. The van der Waals surface area contributed by atoms with Crippen molar-refractivity contribution in [3.05, 3.63) is 22.1 Å². The number of rotatable bonds is 5. The molecule has 0 saturated carbocycles. The van der Waals surface area contributed by atoms with Crippen LogP contribution in [0.25, 0.3) is 0 Å². The van der Waals surface area contributed by atoms with Gasteiger partial charge < -0.3 is 20.3 Å². The van der Waals surface area contributed by atoms with E-state index in [1.165, 1.54) is 0 Å². The molecule has 15 heavy (non-hydrogen) atoms. The summed E-state index contributed by atoms with van der Waals surface area (Å²) in [7, 11) is 0. The number of aromatic amines is 1. The highest BCUT2D eigenvalue weighted by atomic mass is 35.5. The lowest BCUT2D eigenvalue weighted by Gasteiger charge is -2.13. The Hall–Kier alpha value is -1.18. The van der Waals surface area contributed by atoms with Gasteiger partial charge in [-0.2, -0.15) is 0 Å². The summed E-state index contributed by atoms with van der Waals surface area (Å²) in [6.45, 7) is 0. The molecule has 0 bridgehead atoms. The normalized spacial score (nSPS) is 14.9. The molecule has 8 heteroatoms. The van der Waals surface area contributed by atoms with E-state index < -0.39 is 22.9 Å². The maximum atomic E-state index is 10.5.